The van der Waals surface area contributed by atoms with E-state index in [0.29, 0.717) is 19.6 Å². The molecule has 19 heavy (non-hydrogen) atoms. The van der Waals surface area contributed by atoms with Crippen LogP contribution in [0.3, 0.4) is 0 Å². The number of hydrogen-bond donors (Lipinski definition) is 1. The molecule has 1 aromatic carbocycles. The molecule has 0 aromatic heterocycles. The molecular weight excluding hydrogens is 240 g/mol. The van der Waals surface area contributed by atoms with Crippen molar-refractivity contribution in [2.45, 2.75) is 32.0 Å². The lowest BCUT2D eigenvalue weighted by Gasteiger charge is -2.32. The molecule has 0 radical (unpaired) electrons. The van der Waals surface area contributed by atoms with Crippen molar-refractivity contribution in [3.05, 3.63) is 35.9 Å². The van der Waals surface area contributed by atoms with Crippen LogP contribution in [-0.2, 0) is 16.1 Å². The van der Waals surface area contributed by atoms with E-state index in [1.165, 1.54) is 5.56 Å². The van der Waals surface area contributed by atoms with E-state index in [9.17, 15) is 4.79 Å². The van der Waals surface area contributed by atoms with E-state index >= 15 is 0 Å². The Bertz CT molecular complexity index is 386. The fourth-order valence-corrected chi connectivity index (χ4v) is 2.34. The molecule has 1 aliphatic rings. The van der Waals surface area contributed by atoms with Crippen LogP contribution >= 0.6 is 0 Å². The van der Waals surface area contributed by atoms with Crippen LogP contribution in [-0.4, -0.2) is 36.5 Å². The lowest BCUT2D eigenvalue weighted by Crippen LogP contribution is -2.41. The minimum Gasteiger partial charge on any atom is -0.373 e. The molecule has 1 aliphatic heterocycles. The lowest BCUT2D eigenvalue weighted by atomic mass is 10.1. The maximum absolute atomic E-state index is 11.7. The largest absolute Gasteiger partial charge is 0.373 e. The SMILES string of the molecule is NCCC(=O)N1CCC(OCc2ccccc2)CC1. The number of carbonyl (C=O) groups is 1. The highest BCUT2D eigenvalue weighted by Gasteiger charge is 2.22. The number of nitrogens with zero attached hydrogens (tertiary/aromatic N) is 1. The van der Waals surface area contributed by atoms with Crippen molar-refractivity contribution >= 4 is 5.91 Å². The van der Waals surface area contributed by atoms with E-state index < -0.39 is 0 Å². The van der Waals surface area contributed by atoms with E-state index in [0.717, 1.165) is 25.9 Å². The summed E-state index contributed by atoms with van der Waals surface area (Å²) >= 11 is 0. The van der Waals surface area contributed by atoms with E-state index in [-0.39, 0.29) is 12.0 Å². The van der Waals surface area contributed by atoms with Crippen molar-refractivity contribution in [2.75, 3.05) is 19.6 Å². The highest BCUT2D eigenvalue weighted by atomic mass is 16.5. The smallest absolute Gasteiger partial charge is 0.223 e. The Morgan fingerprint density at radius 2 is 1.95 bits per heavy atom. The van der Waals surface area contributed by atoms with Gasteiger partial charge in [0.15, 0.2) is 0 Å². The quantitative estimate of drug-likeness (QED) is 0.875. The minimum absolute atomic E-state index is 0.170. The third-order valence-electron chi connectivity index (χ3n) is 3.48. The molecule has 4 nitrogen and oxygen atoms in total. The van der Waals surface area contributed by atoms with Crippen LogP contribution in [0.15, 0.2) is 30.3 Å². The number of likely N-dealkylation sites (tertiary alicyclic amines) is 1. The van der Waals surface area contributed by atoms with Gasteiger partial charge in [0, 0.05) is 26.1 Å². The average Bonchev–Trinajstić information content (AvgIpc) is 2.47. The summed E-state index contributed by atoms with van der Waals surface area (Å²) in [4.78, 5) is 13.6. The molecule has 0 unspecified atom stereocenters. The zero-order valence-electron chi connectivity index (χ0n) is 11.3. The molecule has 1 aromatic rings. The van der Waals surface area contributed by atoms with E-state index in [1.807, 2.05) is 23.1 Å². The standard InChI is InChI=1S/C15H22N2O2/c16-9-6-15(18)17-10-7-14(8-11-17)19-12-13-4-2-1-3-5-13/h1-5,14H,6-12,16H2. The van der Waals surface area contributed by atoms with Crippen LogP contribution in [0.25, 0.3) is 0 Å². The summed E-state index contributed by atoms with van der Waals surface area (Å²) in [6.45, 7) is 2.67. The summed E-state index contributed by atoms with van der Waals surface area (Å²) in [5.41, 5.74) is 6.60. The summed E-state index contributed by atoms with van der Waals surface area (Å²) in [5.74, 6) is 0.170. The number of nitrogens with two attached hydrogens (primary N) is 1. The van der Waals surface area contributed by atoms with Crippen molar-refractivity contribution in [1.29, 1.82) is 0 Å². The molecule has 1 saturated heterocycles. The van der Waals surface area contributed by atoms with Gasteiger partial charge in [0.2, 0.25) is 5.91 Å². The molecule has 1 amide bonds. The van der Waals surface area contributed by atoms with Gasteiger partial charge in [-0.2, -0.15) is 0 Å². The second kappa shape index (κ2) is 7.26. The molecule has 0 atom stereocenters. The fraction of sp³-hybridized carbons (Fsp3) is 0.533. The van der Waals surface area contributed by atoms with Crippen LogP contribution in [0, 0.1) is 0 Å². The van der Waals surface area contributed by atoms with E-state index in [4.69, 9.17) is 10.5 Å². The third kappa shape index (κ3) is 4.33. The highest BCUT2D eigenvalue weighted by molar-refractivity contribution is 5.76. The summed E-state index contributed by atoms with van der Waals surface area (Å²) in [5, 5.41) is 0. The first-order valence-corrected chi connectivity index (χ1v) is 6.93. The van der Waals surface area contributed by atoms with Gasteiger partial charge in [-0.1, -0.05) is 30.3 Å². The van der Waals surface area contributed by atoms with Gasteiger partial charge in [-0.3, -0.25) is 4.79 Å². The van der Waals surface area contributed by atoms with E-state index in [2.05, 4.69) is 12.1 Å². The monoisotopic (exact) mass is 262 g/mol. The Hall–Kier alpha value is -1.39. The van der Waals surface area contributed by atoms with Gasteiger partial charge in [0.1, 0.15) is 0 Å². The maximum Gasteiger partial charge on any atom is 0.223 e. The Balaban J connectivity index is 1.70. The Kier molecular flexibility index (Phi) is 5.36. The molecule has 0 bridgehead atoms. The topological polar surface area (TPSA) is 55.6 Å². The van der Waals surface area contributed by atoms with E-state index in [1.54, 1.807) is 0 Å². The fourth-order valence-electron chi connectivity index (χ4n) is 2.34. The number of ether oxygens (including phenoxy) is 1. The number of amides is 1. The molecule has 0 aliphatic carbocycles. The number of piperidine rings is 1. The third-order valence-corrected chi connectivity index (χ3v) is 3.48. The predicted octanol–water partition coefficient (Wildman–Crippen LogP) is 1.54. The van der Waals surface area contributed by atoms with Crippen molar-refractivity contribution in [2.24, 2.45) is 5.73 Å². The molecule has 104 valence electrons. The number of rotatable bonds is 5. The predicted molar refractivity (Wildman–Crippen MR) is 74.5 cm³/mol. The molecular formula is C15H22N2O2. The maximum atomic E-state index is 11.7. The summed E-state index contributed by atoms with van der Waals surface area (Å²) < 4.78 is 5.89. The normalized spacial score (nSPS) is 16.6. The van der Waals surface area contributed by atoms with Gasteiger partial charge in [0.25, 0.3) is 0 Å². The summed E-state index contributed by atoms with van der Waals surface area (Å²) in [6, 6.07) is 10.2. The van der Waals surface area contributed by atoms with Crippen molar-refractivity contribution < 1.29 is 9.53 Å². The van der Waals surface area contributed by atoms with Gasteiger partial charge in [0.05, 0.1) is 12.7 Å². The highest BCUT2D eigenvalue weighted by Crippen LogP contribution is 2.16. The molecule has 4 heteroatoms. The molecule has 1 fully saturated rings. The van der Waals surface area contributed by atoms with Gasteiger partial charge < -0.3 is 15.4 Å². The summed E-state index contributed by atoms with van der Waals surface area (Å²) in [7, 11) is 0. The first kappa shape index (κ1) is 14.0. The van der Waals surface area contributed by atoms with Crippen molar-refractivity contribution in [3.8, 4) is 0 Å². The van der Waals surface area contributed by atoms with Crippen molar-refractivity contribution in [1.82, 2.24) is 4.90 Å². The molecule has 0 spiro atoms. The van der Waals surface area contributed by atoms with Gasteiger partial charge >= 0.3 is 0 Å². The van der Waals surface area contributed by atoms with Gasteiger partial charge in [-0.05, 0) is 18.4 Å². The molecule has 2 N–H and O–H groups in total. The van der Waals surface area contributed by atoms with Gasteiger partial charge in [-0.25, -0.2) is 0 Å². The zero-order valence-corrected chi connectivity index (χ0v) is 11.3. The zero-order chi connectivity index (χ0) is 13.5. The van der Waals surface area contributed by atoms with Crippen LogP contribution < -0.4 is 5.73 Å². The first-order valence-electron chi connectivity index (χ1n) is 6.93. The van der Waals surface area contributed by atoms with Crippen LogP contribution in [0.4, 0.5) is 0 Å². The molecule has 2 rings (SSSR count). The molecule has 1 heterocycles. The van der Waals surface area contributed by atoms with Crippen molar-refractivity contribution in [3.63, 3.8) is 0 Å². The minimum atomic E-state index is 0.170. The lowest BCUT2D eigenvalue weighted by molar-refractivity contribution is -0.133. The number of carbonyl (C=O) groups excluding carboxylic acids is 1. The summed E-state index contributed by atoms with van der Waals surface area (Å²) in [6.07, 6.45) is 2.56. The number of benzene rings is 1. The Morgan fingerprint density at radius 3 is 2.58 bits per heavy atom. The van der Waals surface area contributed by atoms with Crippen LogP contribution in [0.2, 0.25) is 0 Å². The van der Waals surface area contributed by atoms with Gasteiger partial charge in [-0.15, -0.1) is 0 Å². The second-order valence-electron chi connectivity index (χ2n) is 4.92. The van der Waals surface area contributed by atoms with Crippen LogP contribution in [0.1, 0.15) is 24.8 Å². The average molecular weight is 262 g/mol. The Morgan fingerprint density at radius 1 is 1.26 bits per heavy atom. The Labute approximate surface area is 114 Å². The first-order chi connectivity index (χ1) is 9.29. The van der Waals surface area contributed by atoms with Crippen LogP contribution in [0.5, 0.6) is 0 Å². The second-order valence-corrected chi connectivity index (χ2v) is 4.92. The molecule has 0 saturated carbocycles. The number of hydrogen-bond acceptors (Lipinski definition) is 3.